The molecule has 4 nitrogen and oxygen atoms in total. The fourth-order valence-electron chi connectivity index (χ4n) is 1.96. The Morgan fingerprint density at radius 1 is 1.56 bits per heavy atom. The van der Waals surface area contributed by atoms with Gasteiger partial charge < -0.3 is 11.1 Å². The number of fused-ring (bicyclic) bond motifs is 1. The Bertz CT molecular complexity index is 530. The number of nitrogens with two attached hydrogens (primary N) is 1. The number of rotatable bonds is 2. The zero-order valence-corrected chi connectivity index (χ0v) is 10.9. The second kappa shape index (κ2) is 5.04. The van der Waals surface area contributed by atoms with Gasteiger partial charge in [0.25, 0.3) is 0 Å². The quantitative estimate of drug-likeness (QED) is 0.741. The van der Waals surface area contributed by atoms with E-state index in [-0.39, 0.29) is 6.04 Å². The number of allylic oxidation sites excluding steroid dienone is 4. The van der Waals surface area contributed by atoms with Gasteiger partial charge in [0, 0.05) is 7.05 Å². The van der Waals surface area contributed by atoms with E-state index in [1.165, 1.54) is 0 Å². The average Bonchev–Trinajstić information content (AvgIpc) is 2.85. The molecule has 18 heavy (non-hydrogen) atoms. The number of aliphatic imine (C=N–C) groups is 2. The fourth-order valence-corrected chi connectivity index (χ4v) is 1.96. The minimum atomic E-state index is -0.0476. The lowest BCUT2D eigenvalue weighted by Gasteiger charge is -2.28. The van der Waals surface area contributed by atoms with Crippen LogP contribution in [0.4, 0.5) is 0 Å². The predicted molar refractivity (Wildman–Crippen MR) is 76.9 cm³/mol. The van der Waals surface area contributed by atoms with Crippen LogP contribution in [0.1, 0.15) is 13.8 Å². The molecule has 0 spiro atoms. The summed E-state index contributed by atoms with van der Waals surface area (Å²) in [5.41, 5.74) is 9.66. The molecule has 0 bridgehead atoms. The van der Waals surface area contributed by atoms with Gasteiger partial charge in [-0.3, -0.25) is 4.99 Å². The van der Waals surface area contributed by atoms with E-state index >= 15 is 0 Å². The van der Waals surface area contributed by atoms with Crippen molar-refractivity contribution < 1.29 is 0 Å². The zero-order chi connectivity index (χ0) is 13.1. The minimum absolute atomic E-state index is 0.0476. The van der Waals surface area contributed by atoms with E-state index in [1.54, 1.807) is 13.2 Å². The van der Waals surface area contributed by atoms with Crippen molar-refractivity contribution in [3.05, 3.63) is 52.7 Å². The third-order valence-corrected chi connectivity index (χ3v) is 2.95. The van der Waals surface area contributed by atoms with Crippen molar-refractivity contribution in [3.8, 4) is 0 Å². The molecule has 0 aromatic carbocycles. The number of hydrogen-bond acceptors (Lipinski definition) is 2. The van der Waals surface area contributed by atoms with Gasteiger partial charge in [0.2, 0.25) is 0 Å². The van der Waals surface area contributed by atoms with Gasteiger partial charge in [-0.05, 0) is 31.5 Å². The summed E-state index contributed by atoms with van der Waals surface area (Å²) in [6.45, 7) is 3.94. The van der Waals surface area contributed by atoms with E-state index in [1.807, 2.05) is 38.2 Å². The van der Waals surface area contributed by atoms with Crippen molar-refractivity contribution >= 4 is 11.5 Å². The molecule has 2 N–H and O–H groups in total. The first-order valence-electron chi connectivity index (χ1n) is 5.90. The van der Waals surface area contributed by atoms with Crippen LogP contribution in [-0.2, 0) is 0 Å². The summed E-state index contributed by atoms with van der Waals surface area (Å²) in [6, 6.07) is -0.0476. The topological polar surface area (TPSA) is 64.8 Å². The molecule has 0 saturated heterocycles. The molecular formula is C14H17N4-. The molecule has 0 aliphatic carbocycles. The van der Waals surface area contributed by atoms with Crippen LogP contribution in [0.15, 0.2) is 57.3 Å². The number of dihydropyridines is 1. The van der Waals surface area contributed by atoms with Crippen LogP contribution >= 0.6 is 0 Å². The van der Waals surface area contributed by atoms with Gasteiger partial charge in [-0.2, -0.15) is 6.20 Å². The Kier molecular flexibility index (Phi) is 3.46. The van der Waals surface area contributed by atoms with Gasteiger partial charge >= 0.3 is 0 Å². The Labute approximate surface area is 107 Å². The zero-order valence-electron chi connectivity index (χ0n) is 10.9. The average molecular weight is 241 g/mol. The number of amidine groups is 1. The number of nitrogens with zero attached hydrogens (tertiary/aromatic N) is 3. The van der Waals surface area contributed by atoms with Crippen molar-refractivity contribution in [1.82, 2.24) is 0 Å². The molecule has 94 valence electrons. The Hall–Kier alpha value is -2.10. The van der Waals surface area contributed by atoms with Crippen molar-refractivity contribution in [2.45, 2.75) is 19.9 Å². The van der Waals surface area contributed by atoms with E-state index in [9.17, 15) is 0 Å². The summed E-state index contributed by atoms with van der Waals surface area (Å²) in [6.07, 6.45) is 9.68. The first-order chi connectivity index (χ1) is 8.67. The van der Waals surface area contributed by atoms with Gasteiger partial charge in [0.1, 0.15) is 5.84 Å². The van der Waals surface area contributed by atoms with Crippen LogP contribution in [0, 0.1) is 0 Å². The molecule has 0 fully saturated rings. The maximum atomic E-state index is 6.12. The standard InChI is InChI=1S/C14H17N4/c1-4-5-9(2)12(15)11-8-10-6-7-17-13(10)14(16-3)18-11/h4-8,13H,15H2,1-3H3/q-1/b5-4-,12-9-,16-14?. The van der Waals surface area contributed by atoms with Crippen LogP contribution in [0.3, 0.4) is 0 Å². The van der Waals surface area contributed by atoms with Gasteiger partial charge in [0.15, 0.2) is 0 Å². The second-order valence-electron chi connectivity index (χ2n) is 4.19. The van der Waals surface area contributed by atoms with Crippen molar-refractivity contribution in [3.63, 3.8) is 0 Å². The normalized spacial score (nSPS) is 25.7. The third kappa shape index (κ3) is 2.14. The molecule has 2 heterocycles. The highest BCUT2D eigenvalue weighted by atomic mass is 15.0. The smallest absolute Gasteiger partial charge is 0.113 e. The molecule has 2 aliphatic heterocycles. The fraction of sp³-hybridized carbons (Fsp3) is 0.286. The summed E-state index contributed by atoms with van der Waals surface area (Å²) in [5.74, 6) is 0.712. The molecule has 1 unspecified atom stereocenters. The monoisotopic (exact) mass is 241 g/mol. The summed E-state index contributed by atoms with van der Waals surface area (Å²) in [4.78, 5) is 8.67. The van der Waals surface area contributed by atoms with Crippen LogP contribution in [-0.4, -0.2) is 24.6 Å². The lowest BCUT2D eigenvalue weighted by molar-refractivity contribution is 1.14. The summed E-state index contributed by atoms with van der Waals surface area (Å²) < 4.78 is 0. The minimum Gasteiger partial charge on any atom is -0.678 e. The first-order valence-corrected chi connectivity index (χ1v) is 5.90. The van der Waals surface area contributed by atoms with Gasteiger partial charge in [0.05, 0.1) is 11.4 Å². The van der Waals surface area contributed by atoms with E-state index in [0.29, 0.717) is 11.5 Å². The largest absolute Gasteiger partial charge is 0.678 e. The molecule has 0 amide bonds. The molecule has 0 radical (unpaired) electrons. The predicted octanol–water partition coefficient (Wildman–Crippen LogP) is 2.47. The molecule has 1 atom stereocenters. The third-order valence-electron chi connectivity index (χ3n) is 2.95. The van der Waals surface area contributed by atoms with E-state index in [2.05, 4.69) is 15.3 Å². The Morgan fingerprint density at radius 2 is 2.33 bits per heavy atom. The summed E-state index contributed by atoms with van der Waals surface area (Å²) in [7, 11) is 1.73. The maximum Gasteiger partial charge on any atom is 0.113 e. The second-order valence-corrected chi connectivity index (χ2v) is 4.19. The maximum absolute atomic E-state index is 6.12. The van der Waals surface area contributed by atoms with Crippen LogP contribution in [0.5, 0.6) is 0 Å². The van der Waals surface area contributed by atoms with Gasteiger partial charge in [-0.25, -0.2) is 4.99 Å². The molecule has 4 heteroatoms. The van der Waals surface area contributed by atoms with Crippen molar-refractivity contribution in [2.75, 3.05) is 7.05 Å². The summed E-state index contributed by atoms with van der Waals surface area (Å²) in [5, 5.41) is 4.33. The molecular weight excluding hydrogens is 224 g/mol. The van der Waals surface area contributed by atoms with Gasteiger partial charge in [-0.1, -0.05) is 23.8 Å². The van der Waals surface area contributed by atoms with Crippen molar-refractivity contribution in [2.24, 2.45) is 15.7 Å². The molecule has 0 saturated carbocycles. The van der Waals surface area contributed by atoms with Gasteiger partial charge in [-0.15, -0.1) is 0 Å². The highest BCUT2D eigenvalue weighted by Gasteiger charge is 2.19. The van der Waals surface area contributed by atoms with E-state index < -0.39 is 0 Å². The van der Waals surface area contributed by atoms with E-state index in [0.717, 1.165) is 16.9 Å². The lowest BCUT2D eigenvalue weighted by atomic mass is 10.0. The van der Waals surface area contributed by atoms with E-state index in [4.69, 9.17) is 5.73 Å². The Morgan fingerprint density at radius 3 is 3.00 bits per heavy atom. The number of hydrogen-bond donors (Lipinski definition) is 1. The molecule has 0 aromatic rings. The molecule has 2 rings (SSSR count). The lowest BCUT2D eigenvalue weighted by Crippen LogP contribution is -2.26. The Balaban J connectivity index is 2.43. The highest BCUT2D eigenvalue weighted by molar-refractivity contribution is 6.19. The first kappa shape index (κ1) is 12.4. The van der Waals surface area contributed by atoms with Crippen LogP contribution < -0.4 is 5.73 Å². The SMILES string of the molecule is C/C=C\C(C)=C(/N)C1=NC(=NC)C2[N-]C=CC2=C1. The van der Waals surface area contributed by atoms with Crippen LogP contribution in [0.2, 0.25) is 0 Å². The van der Waals surface area contributed by atoms with Crippen molar-refractivity contribution in [1.29, 1.82) is 0 Å². The van der Waals surface area contributed by atoms with Crippen LogP contribution in [0.25, 0.3) is 5.32 Å². The summed E-state index contributed by atoms with van der Waals surface area (Å²) >= 11 is 0. The highest BCUT2D eigenvalue weighted by Crippen LogP contribution is 2.27. The molecule has 0 aromatic heterocycles. The molecule has 2 aliphatic rings.